The number of nitrogens with one attached hydrogen (secondary N) is 1. The van der Waals surface area contributed by atoms with Crippen LogP contribution in [0.2, 0.25) is 5.02 Å². The molecular formula is C29H27ClN2O5S. The Morgan fingerprint density at radius 2 is 1.47 bits per heavy atom. The van der Waals surface area contributed by atoms with Crippen molar-refractivity contribution >= 4 is 38.9 Å². The van der Waals surface area contributed by atoms with Crippen LogP contribution in [0, 0.1) is 13.8 Å². The zero-order chi connectivity index (χ0) is 27.3. The van der Waals surface area contributed by atoms with Gasteiger partial charge in [0.1, 0.15) is 6.54 Å². The van der Waals surface area contributed by atoms with Gasteiger partial charge in [-0.15, -0.1) is 0 Å². The van der Waals surface area contributed by atoms with Gasteiger partial charge in [0.2, 0.25) is 5.91 Å². The molecule has 0 aliphatic rings. The summed E-state index contributed by atoms with van der Waals surface area (Å²) in [5, 5.41) is 3.14. The van der Waals surface area contributed by atoms with E-state index in [-0.39, 0.29) is 10.6 Å². The summed E-state index contributed by atoms with van der Waals surface area (Å²) in [6, 6.07) is 25.3. The van der Waals surface area contributed by atoms with Gasteiger partial charge in [0.15, 0.2) is 17.2 Å². The molecule has 0 spiro atoms. The fourth-order valence-electron chi connectivity index (χ4n) is 3.96. The van der Waals surface area contributed by atoms with Crippen LogP contribution in [-0.4, -0.2) is 28.0 Å². The minimum Gasteiger partial charge on any atom is -0.493 e. The van der Waals surface area contributed by atoms with Crippen molar-refractivity contribution in [1.29, 1.82) is 0 Å². The van der Waals surface area contributed by atoms with Crippen molar-refractivity contribution < 1.29 is 22.7 Å². The van der Waals surface area contributed by atoms with Crippen molar-refractivity contribution in [2.24, 2.45) is 0 Å². The number of anilines is 2. The predicted octanol–water partition coefficient (Wildman–Crippen LogP) is 6.59. The summed E-state index contributed by atoms with van der Waals surface area (Å²) in [5.74, 6) is 0.693. The maximum Gasteiger partial charge on any atom is 0.264 e. The first-order chi connectivity index (χ1) is 18.2. The Kier molecular flexibility index (Phi) is 8.24. The lowest BCUT2D eigenvalue weighted by atomic mass is 10.1. The lowest BCUT2D eigenvalue weighted by Crippen LogP contribution is -2.38. The molecule has 0 aromatic heterocycles. The Morgan fingerprint density at radius 3 is 2.13 bits per heavy atom. The first-order valence-electron chi connectivity index (χ1n) is 11.7. The fraction of sp³-hybridized carbons (Fsp3) is 0.138. The van der Waals surface area contributed by atoms with Gasteiger partial charge in [0.05, 0.1) is 23.4 Å². The number of para-hydroxylation sites is 2. The van der Waals surface area contributed by atoms with Gasteiger partial charge in [0.25, 0.3) is 10.0 Å². The van der Waals surface area contributed by atoms with E-state index in [9.17, 15) is 13.2 Å². The van der Waals surface area contributed by atoms with E-state index in [1.165, 1.54) is 25.3 Å². The number of benzene rings is 4. The van der Waals surface area contributed by atoms with E-state index in [1.807, 2.05) is 26.0 Å². The maximum absolute atomic E-state index is 13.7. The number of sulfonamides is 1. The molecule has 4 rings (SSSR count). The van der Waals surface area contributed by atoms with E-state index in [4.69, 9.17) is 21.1 Å². The second-order valence-electron chi connectivity index (χ2n) is 8.61. The number of ether oxygens (including phenoxy) is 2. The molecule has 0 bridgehead atoms. The summed E-state index contributed by atoms with van der Waals surface area (Å²) >= 11 is 6.21. The van der Waals surface area contributed by atoms with Gasteiger partial charge < -0.3 is 14.8 Å². The molecule has 38 heavy (non-hydrogen) atoms. The molecule has 0 unspecified atom stereocenters. The summed E-state index contributed by atoms with van der Waals surface area (Å²) in [4.78, 5) is 13.4. The molecule has 7 nitrogen and oxygen atoms in total. The zero-order valence-corrected chi connectivity index (χ0v) is 22.7. The molecule has 0 fully saturated rings. The third-order valence-electron chi connectivity index (χ3n) is 5.62. The van der Waals surface area contributed by atoms with Crippen molar-refractivity contribution in [3.8, 4) is 17.2 Å². The van der Waals surface area contributed by atoms with Crippen molar-refractivity contribution in [2.75, 3.05) is 23.3 Å². The van der Waals surface area contributed by atoms with Crippen molar-refractivity contribution in [1.82, 2.24) is 0 Å². The van der Waals surface area contributed by atoms with Crippen LogP contribution in [0.25, 0.3) is 0 Å². The monoisotopic (exact) mass is 550 g/mol. The molecule has 0 saturated carbocycles. The molecule has 1 amide bonds. The van der Waals surface area contributed by atoms with Crippen LogP contribution in [0.4, 0.5) is 11.4 Å². The molecule has 0 aliphatic heterocycles. The molecular weight excluding hydrogens is 524 g/mol. The minimum absolute atomic E-state index is 0.0786. The Bertz CT molecular complexity index is 1540. The van der Waals surface area contributed by atoms with E-state index in [0.29, 0.717) is 28.0 Å². The molecule has 0 saturated heterocycles. The van der Waals surface area contributed by atoms with E-state index in [2.05, 4.69) is 5.32 Å². The van der Waals surface area contributed by atoms with Gasteiger partial charge in [-0.3, -0.25) is 9.10 Å². The second-order valence-corrected chi connectivity index (χ2v) is 10.9. The average Bonchev–Trinajstić information content (AvgIpc) is 2.89. The number of hydrogen-bond donors (Lipinski definition) is 1. The van der Waals surface area contributed by atoms with Crippen LogP contribution in [0.5, 0.6) is 17.2 Å². The normalized spacial score (nSPS) is 11.1. The van der Waals surface area contributed by atoms with Crippen LogP contribution in [0.3, 0.4) is 0 Å². The molecule has 9 heteroatoms. The van der Waals surface area contributed by atoms with Gasteiger partial charge in [-0.1, -0.05) is 48.0 Å². The molecule has 0 atom stereocenters. The van der Waals surface area contributed by atoms with Crippen LogP contribution in [0.15, 0.2) is 95.9 Å². The SMILES string of the molecule is COc1ccccc1Oc1ccc(Cl)cc1NC(=O)CN(c1cc(C)cc(C)c1)S(=O)(=O)c1ccccc1. The van der Waals surface area contributed by atoms with E-state index < -0.39 is 22.5 Å². The lowest BCUT2D eigenvalue weighted by Gasteiger charge is -2.25. The number of carbonyl (C=O) groups is 1. The lowest BCUT2D eigenvalue weighted by molar-refractivity contribution is -0.114. The summed E-state index contributed by atoms with van der Waals surface area (Å²) in [7, 11) is -2.52. The summed E-state index contributed by atoms with van der Waals surface area (Å²) in [5.41, 5.74) is 2.41. The number of carbonyl (C=O) groups excluding carboxylic acids is 1. The van der Waals surface area contributed by atoms with E-state index in [1.54, 1.807) is 60.7 Å². The highest BCUT2D eigenvalue weighted by atomic mass is 35.5. The maximum atomic E-state index is 13.7. The molecule has 1 N–H and O–H groups in total. The fourth-order valence-corrected chi connectivity index (χ4v) is 5.56. The number of rotatable bonds is 9. The van der Waals surface area contributed by atoms with Crippen molar-refractivity contribution in [2.45, 2.75) is 18.7 Å². The molecule has 0 aliphatic carbocycles. The van der Waals surface area contributed by atoms with Crippen molar-refractivity contribution in [3.05, 3.63) is 107 Å². The standard InChI is InChI=1S/C29H27ClN2O5S/c1-20-15-21(2)17-23(16-20)32(38(34,35)24-9-5-4-6-10-24)19-29(33)31-25-18-22(30)13-14-26(25)37-28-12-8-7-11-27(28)36-3/h4-18H,19H2,1-3H3,(H,31,33). The topological polar surface area (TPSA) is 84.9 Å². The van der Waals surface area contributed by atoms with E-state index in [0.717, 1.165) is 15.4 Å². The average molecular weight is 551 g/mol. The molecule has 0 radical (unpaired) electrons. The molecule has 4 aromatic carbocycles. The predicted molar refractivity (Wildman–Crippen MR) is 150 cm³/mol. The summed E-state index contributed by atoms with van der Waals surface area (Å²) in [6.07, 6.45) is 0. The number of hydrogen-bond acceptors (Lipinski definition) is 5. The van der Waals surface area contributed by atoms with Gasteiger partial charge >= 0.3 is 0 Å². The van der Waals surface area contributed by atoms with Gasteiger partial charge in [-0.05, 0) is 79.6 Å². The third kappa shape index (κ3) is 6.27. The van der Waals surface area contributed by atoms with Crippen LogP contribution < -0.4 is 19.1 Å². The quantitative estimate of drug-likeness (QED) is 0.254. The molecule has 196 valence electrons. The number of methoxy groups -OCH3 is 1. The summed E-state index contributed by atoms with van der Waals surface area (Å²) < 4.78 is 39.8. The highest BCUT2D eigenvalue weighted by Crippen LogP contribution is 2.36. The van der Waals surface area contributed by atoms with Crippen LogP contribution in [0.1, 0.15) is 11.1 Å². The number of nitrogens with zero attached hydrogens (tertiary/aromatic N) is 1. The minimum atomic E-state index is -4.05. The van der Waals surface area contributed by atoms with Gasteiger partial charge in [-0.25, -0.2) is 8.42 Å². The van der Waals surface area contributed by atoms with Gasteiger partial charge in [-0.2, -0.15) is 0 Å². The first-order valence-corrected chi connectivity index (χ1v) is 13.6. The largest absolute Gasteiger partial charge is 0.493 e. The van der Waals surface area contributed by atoms with E-state index >= 15 is 0 Å². The molecule has 0 heterocycles. The third-order valence-corrected chi connectivity index (χ3v) is 7.64. The molecule has 4 aromatic rings. The Balaban J connectivity index is 1.67. The highest BCUT2D eigenvalue weighted by molar-refractivity contribution is 7.92. The van der Waals surface area contributed by atoms with Crippen molar-refractivity contribution in [3.63, 3.8) is 0 Å². The Labute approximate surface area is 227 Å². The highest BCUT2D eigenvalue weighted by Gasteiger charge is 2.28. The number of halogens is 1. The second kappa shape index (κ2) is 11.6. The smallest absolute Gasteiger partial charge is 0.264 e. The van der Waals surface area contributed by atoms with Crippen LogP contribution in [-0.2, 0) is 14.8 Å². The number of aryl methyl sites for hydroxylation is 2. The summed E-state index contributed by atoms with van der Waals surface area (Å²) in [6.45, 7) is 3.27. The van der Waals surface area contributed by atoms with Gasteiger partial charge in [0, 0.05) is 5.02 Å². The number of amides is 1. The Hall–Kier alpha value is -4.01. The zero-order valence-electron chi connectivity index (χ0n) is 21.1. The Morgan fingerprint density at radius 1 is 0.842 bits per heavy atom. The van der Waals surface area contributed by atoms with Crippen LogP contribution >= 0.6 is 11.6 Å². The first kappa shape index (κ1) is 27.0.